The maximum atomic E-state index is 9.03. The van der Waals surface area contributed by atoms with Gasteiger partial charge in [0.2, 0.25) is 7.59 Å². The number of aliphatic hydroxyl groups excluding tert-OH is 1. The van der Waals surface area contributed by atoms with Crippen molar-refractivity contribution in [3.05, 3.63) is 34.9 Å². The average Bonchev–Trinajstić information content (AvgIpc) is 2.42. The van der Waals surface area contributed by atoms with Gasteiger partial charge in [-0.2, -0.15) is 0 Å². The van der Waals surface area contributed by atoms with E-state index in [0.717, 1.165) is 0 Å². The molecule has 0 unspecified atom stereocenters. The van der Waals surface area contributed by atoms with E-state index in [9.17, 15) is 0 Å². The molecule has 0 aliphatic heterocycles. The fourth-order valence-corrected chi connectivity index (χ4v) is 3.09. The fourth-order valence-electron chi connectivity index (χ4n) is 1.87. The van der Waals surface area contributed by atoms with Crippen LogP contribution < -0.4 is 0 Å². The van der Waals surface area contributed by atoms with Crippen molar-refractivity contribution in [3.63, 3.8) is 0 Å². The lowest BCUT2D eigenvalue weighted by Gasteiger charge is -2.33. The molecule has 1 rings (SSSR count). The zero-order valence-electron chi connectivity index (χ0n) is 11.6. The molecule has 1 nitrogen and oxygen atoms in total. The molecule has 0 spiro atoms. The summed E-state index contributed by atoms with van der Waals surface area (Å²) in [6, 6.07) is 4.57. The summed E-state index contributed by atoms with van der Waals surface area (Å²) in [5.74, 6) is 0. The topological polar surface area (TPSA) is 20.2 Å². The zero-order chi connectivity index (χ0) is 19.0. The van der Waals surface area contributed by atoms with E-state index in [2.05, 4.69) is 0 Å². The summed E-state index contributed by atoms with van der Waals surface area (Å²) in [4.78, 5) is 0. The zero-order valence-corrected chi connectivity index (χ0v) is 19.1. The largest absolute Gasteiger partial charge is 0.396 e. The molecule has 1 N–H and O–H groups in total. The lowest BCUT2D eigenvalue weighted by atomic mass is 9.96. The molecule has 0 heterocycles. The molecule has 0 radical (unpaired) electrons. The Kier molecular flexibility index (Phi) is 8.66. The normalized spacial score (nSPS) is 14.1. The number of alkyl halides is 10. The van der Waals surface area contributed by atoms with Crippen LogP contribution in [0.15, 0.2) is 18.2 Å². The first-order valence-corrected chi connectivity index (χ1v) is 10.1. The molecule has 0 aromatic heterocycles. The molecule has 0 aliphatic carbocycles. The second-order valence-corrected chi connectivity index (χ2v) is 12.1. The highest BCUT2D eigenvalue weighted by atomic mass is 35.6. The van der Waals surface area contributed by atoms with Gasteiger partial charge >= 0.3 is 0 Å². The van der Waals surface area contributed by atoms with Crippen molar-refractivity contribution in [1.82, 2.24) is 0 Å². The number of hydrogen-bond acceptors (Lipinski definition) is 1. The van der Waals surface area contributed by atoms with E-state index in [4.69, 9.17) is 121 Å². The minimum absolute atomic E-state index is 0.0460. The minimum atomic E-state index is -2.07. The number of aliphatic hydroxyl groups is 1. The van der Waals surface area contributed by atoms with E-state index < -0.39 is 16.3 Å². The van der Waals surface area contributed by atoms with Crippen LogP contribution in [0.2, 0.25) is 0 Å². The fraction of sp³-hybridized carbons (Fsp3) is 0.538. The Labute approximate surface area is 190 Å². The summed E-state index contributed by atoms with van der Waals surface area (Å²) in [5.41, 5.74) is 1.06. The quantitative estimate of drug-likeness (QED) is 0.384. The van der Waals surface area contributed by atoms with Crippen LogP contribution in [0.25, 0.3) is 0 Å². The second kappa shape index (κ2) is 8.62. The van der Waals surface area contributed by atoms with Crippen LogP contribution in [0.1, 0.15) is 23.1 Å². The van der Waals surface area contributed by atoms with Crippen molar-refractivity contribution in [3.8, 4) is 0 Å². The van der Waals surface area contributed by atoms with Crippen LogP contribution in [-0.2, 0) is 15.1 Å². The predicted molar refractivity (Wildman–Crippen MR) is 109 cm³/mol. The highest BCUT2D eigenvalue weighted by Crippen LogP contribution is 2.57. The van der Waals surface area contributed by atoms with Gasteiger partial charge in [-0.25, -0.2) is 0 Å². The van der Waals surface area contributed by atoms with Gasteiger partial charge in [0.25, 0.3) is 0 Å². The Balaban J connectivity index is 3.55. The lowest BCUT2D eigenvalue weighted by Crippen LogP contribution is -2.32. The first kappa shape index (κ1) is 24.1. The summed E-state index contributed by atoms with van der Waals surface area (Å²) in [6.07, 6.45) is 0.854. The monoisotopic (exact) mass is 532 g/mol. The van der Waals surface area contributed by atoms with Crippen LogP contribution >= 0.6 is 116 Å². The van der Waals surface area contributed by atoms with Crippen LogP contribution in [0.5, 0.6) is 0 Å². The van der Waals surface area contributed by atoms with Crippen molar-refractivity contribution in [2.75, 3.05) is 6.61 Å². The SMILES string of the molecule is OCCCc1ccc(C(Cl)(Cl)C(Cl)(Cl)Cl)cc1C(Cl)(Cl)C(Cl)(Cl)Cl. The van der Waals surface area contributed by atoms with Crippen molar-refractivity contribution in [2.45, 2.75) is 29.1 Å². The molecule has 24 heavy (non-hydrogen) atoms. The lowest BCUT2D eigenvalue weighted by molar-refractivity contribution is 0.288. The van der Waals surface area contributed by atoms with Crippen molar-refractivity contribution in [1.29, 1.82) is 0 Å². The van der Waals surface area contributed by atoms with Crippen LogP contribution in [0, 0.1) is 0 Å². The van der Waals surface area contributed by atoms with Crippen LogP contribution in [0.3, 0.4) is 0 Å². The minimum Gasteiger partial charge on any atom is -0.396 e. The van der Waals surface area contributed by atoms with Crippen molar-refractivity contribution < 1.29 is 5.11 Å². The van der Waals surface area contributed by atoms with Gasteiger partial charge in [-0.15, -0.1) is 0 Å². The molecular formula is C13H10Cl10O. The molecule has 0 aliphatic rings. The first-order chi connectivity index (χ1) is 10.7. The number of halogens is 10. The van der Waals surface area contributed by atoms with Gasteiger partial charge in [0.1, 0.15) is 0 Å². The third-order valence-electron chi connectivity index (χ3n) is 3.13. The predicted octanol–water partition coefficient (Wildman–Crippen LogP) is 7.61. The third-order valence-corrected chi connectivity index (χ3v) is 7.97. The van der Waals surface area contributed by atoms with Crippen LogP contribution in [-0.4, -0.2) is 19.3 Å². The maximum Gasteiger partial charge on any atom is 0.227 e. The molecule has 0 fully saturated rings. The van der Waals surface area contributed by atoms with Crippen molar-refractivity contribution >= 4 is 116 Å². The Morgan fingerprint density at radius 2 is 1.25 bits per heavy atom. The van der Waals surface area contributed by atoms with E-state index in [1.165, 1.54) is 6.07 Å². The third kappa shape index (κ3) is 5.32. The van der Waals surface area contributed by atoms with Gasteiger partial charge in [-0.1, -0.05) is 128 Å². The van der Waals surface area contributed by atoms with Gasteiger partial charge in [-0.3, -0.25) is 0 Å². The molecule has 1 aromatic rings. The molecule has 0 saturated heterocycles. The number of rotatable bonds is 5. The Bertz CT molecular complexity index is 573. The highest BCUT2D eigenvalue weighted by molar-refractivity contribution is 6.76. The Hall–Kier alpha value is 2.08. The molecule has 0 atom stereocenters. The van der Waals surface area contributed by atoms with Crippen molar-refractivity contribution in [2.24, 2.45) is 0 Å². The molecule has 0 amide bonds. The summed E-state index contributed by atoms with van der Waals surface area (Å²) < 4.78 is -7.94. The van der Waals surface area contributed by atoms with E-state index in [0.29, 0.717) is 18.4 Å². The standard InChI is InChI=1S/C13H10Cl10O/c14-10(15,12(18,19)20)8-4-3-7(2-1-5-24)9(6-8)11(16,17)13(21,22)23/h3-4,6,24H,1-2,5H2. The van der Waals surface area contributed by atoms with Gasteiger partial charge in [-0.05, 0) is 35.6 Å². The van der Waals surface area contributed by atoms with Gasteiger partial charge < -0.3 is 5.11 Å². The number of benzene rings is 1. The summed E-state index contributed by atoms with van der Waals surface area (Å²) in [6.45, 7) is -0.0460. The van der Waals surface area contributed by atoms with E-state index in [1.54, 1.807) is 12.1 Å². The smallest absolute Gasteiger partial charge is 0.227 e. The first-order valence-electron chi connectivity index (χ1n) is 6.30. The van der Waals surface area contributed by atoms with E-state index in [1.807, 2.05) is 0 Å². The van der Waals surface area contributed by atoms with Gasteiger partial charge in [0.15, 0.2) is 8.67 Å². The molecule has 0 bridgehead atoms. The average molecular weight is 537 g/mol. The van der Waals surface area contributed by atoms with E-state index in [-0.39, 0.29) is 17.7 Å². The highest BCUT2D eigenvalue weighted by Gasteiger charge is 2.51. The summed E-state index contributed by atoms with van der Waals surface area (Å²) in [7, 11) is 0. The number of hydrogen-bond donors (Lipinski definition) is 1. The maximum absolute atomic E-state index is 9.03. The molecule has 1 aromatic carbocycles. The van der Waals surface area contributed by atoms with Gasteiger partial charge in [0, 0.05) is 6.61 Å². The Morgan fingerprint density at radius 1 is 0.750 bits per heavy atom. The number of aryl methyl sites for hydroxylation is 1. The van der Waals surface area contributed by atoms with Gasteiger partial charge in [0.05, 0.1) is 0 Å². The Morgan fingerprint density at radius 3 is 1.67 bits per heavy atom. The van der Waals surface area contributed by atoms with Crippen LogP contribution in [0.4, 0.5) is 0 Å². The molecule has 0 saturated carbocycles. The molecule has 138 valence electrons. The summed E-state index contributed by atoms with van der Waals surface area (Å²) in [5, 5.41) is 9.03. The second-order valence-electron chi connectivity index (χ2n) is 4.84. The van der Waals surface area contributed by atoms with E-state index >= 15 is 0 Å². The summed E-state index contributed by atoms with van der Waals surface area (Å²) >= 11 is 60.1. The molecular weight excluding hydrogens is 527 g/mol. The molecule has 11 heteroatoms.